The van der Waals surface area contributed by atoms with Gasteiger partial charge in [0.05, 0.1) is 13.7 Å². The predicted molar refractivity (Wildman–Crippen MR) is 103 cm³/mol. The zero-order chi connectivity index (χ0) is 17.1. The van der Waals surface area contributed by atoms with Crippen LogP contribution in [0.1, 0.15) is 77.6 Å². The molecule has 0 aliphatic carbocycles. The number of esters is 1. The number of hydrogen-bond donors (Lipinski definition) is 0. The maximum absolute atomic E-state index is 11.5. The molecule has 0 aromatic heterocycles. The Labute approximate surface area is 158 Å². The molecule has 136 valence electrons. The first-order valence-corrected chi connectivity index (χ1v) is 10.9. The number of methoxy groups -OCH3 is 1. The maximum Gasteiger partial charge on any atom is 0.340 e. The fourth-order valence-electron chi connectivity index (χ4n) is 2.87. The average Bonchev–Trinajstić information content (AvgIpc) is 3.34. The highest BCUT2D eigenvalue weighted by Crippen LogP contribution is 2.34. The first-order chi connectivity index (χ1) is 11.1. The van der Waals surface area contributed by atoms with Crippen LogP contribution in [0.3, 0.4) is 0 Å². The lowest BCUT2D eigenvalue weighted by Crippen LogP contribution is -2.25. The molecule has 1 aliphatic rings. The van der Waals surface area contributed by atoms with E-state index in [1.165, 1.54) is 58.5 Å². The fraction of sp³-hybridized carbons (Fsp3) is 0.944. The molecule has 1 fully saturated rings. The lowest BCUT2D eigenvalue weighted by Gasteiger charge is -2.16. The summed E-state index contributed by atoms with van der Waals surface area (Å²) in [7, 11) is 1.43. The molecule has 23 heavy (non-hydrogen) atoms. The van der Waals surface area contributed by atoms with Crippen LogP contribution in [0.2, 0.25) is 0 Å². The summed E-state index contributed by atoms with van der Waals surface area (Å²) in [5.74, 6) is -0.205. The van der Waals surface area contributed by atoms with E-state index in [2.05, 4.69) is 38.8 Å². The summed E-state index contributed by atoms with van der Waals surface area (Å²) in [6, 6.07) is 0. The van der Waals surface area contributed by atoms with Gasteiger partial charge in [0.1, 0.15) is 0 Å². The van der Waals surface area contributed by atoms with E-state index in [1.807, 2.05) is 0 Å². The van der Waals surface area contributed by atoms with Crippen molar-refractivity contribution >= 4 is 37.8 Å². The summed E-state index contributed by atoms with van der Waals surface area (Å²) in [4.78, 5) is 12.7. The van der Waals surface area contributed by atoms with E-state index in [9.17, 15) is 4.79 Å². The van der Waals surface area contributed by atoms with Crippen LogP contribution in [0.15, 0.2) is 0 Å². The Hall–Kier alpha value is 0.390. The number of ether oxygens (including phenoxy) is 2. The molecule has 1 saturated heterocycles. The Morgan fingerprint density at radius 2 is 1.57 bits per heavy atom. The number of alkyl halides is 2. The van der Waals surface area contributed by atoms with Gasteiger partial charge in [-0.25, -0.2) is 4.79 Å². The number of carbonyl (C=O) groups excluding carboxylic acids is 1. The summed E-state index contributed by atoms with van der Waals surface area (Å²) in [5.41, 5.74) is -0.591. The highest BCUT2D eigenvalue weighted by molar-refractivity contribution is 9.12. The van der Waals surface area contributed by atoms with Gasteiger partial charge in [-0.3, -0.25) is 0 Å². The number of epoxide rings is 1. The Morgan fingerprint density at radius 3 is 2.04 bits per heavy atom. The maximum atomic E-state index is 11.5. The molecule has 0 aromatic rings. The van der Waals surface area contributed by atoms with Crippen LogP contribution in [0.25, 0.3) is 0 Å². The second-order valence-electron chi connectivity index (χ2n) is 6.61. The van der Waals surface area contributed by atoms with E-state index in [0.717, 1.165) is 19.3 Å². The average molecular weight is 456 g/mol. The molecule has 3 unspecified atom stereocenters. The molecule has 0 spiro atoms. The number of halogens is 2. The molecule has 3 atom stereocenters. The normalized spacial score (nSPS) is 22.6. The smallest absolute Gasteiger partial charge is 0.340 e. The Balaban J connectivity index is 1.98. The van der Waals surface area contributed by atoms with Crippen molar-refractivity contribution in [3.8, 4) is 0 Å². The minimum atomic E-state index is -0.591. The summed E-state index contributed by atoms with van der Waals surface area (Å²) in [6.45, 7) is 2.79. The molecule has 0 bridgehead atoms. The number of unbranched alkanes of at least 4 members (excludes halogenated alkanes) is 6. The van der Waals surface area contributed by atoms with Gasteiger partial charge in [-0.2, -0.15) is 0 Å². The third-order valence-corrected chi connectivity index (χ3v) is 7.49. The van der Waals surface area contributed by atoms with Crippen LogP contribution < -0.4 is 0 Å². The van der Waals surface area contributed by atoms with Crippen molar-refractivity contribution in [2.24, 2.45) is 0 Å². The van der Waals surface area contributed by atoms with Crippen LogP contribution in [0.4, 0.5) is 0 Å². The zero-order valence-electron chi connectivity index (χ0n) is 14.6. The number of rotatable bonds is 14. The molecular formula is C18H32Br2O3. The fourth-order valence-corrected chi connectivity index (χ4v) is 4.04. The van der Waals surface area contributed by atoms with Crippen LogP contribution in [-0.4, -0.2) is 34.9 Å². The Morgan fingerprint density at radius 1 is 1.04 bits per heavy atom. The summed E-state index contributed by atoms with van der Waals surface area (Å²) < 4.78 is 10.1. The van der Waals surface area contributed by atoms with Crippen molar-refractivity contribution in [3.05, 3.63) is 0 Å². The van der Waals surface area contributed by atoms with Crippen molar-refractivity contribution in [2.45, 2.75) is 92.8 Å². The van der Waals surface area contributed by atoms with Gasteiger partial charge in [0.25, 0.3) is 0 Å². The molecule has 0 aromatic carbocycles. The lowest BCUT2D eigenvalue weighted by molar-refractivity contribution is -0.147. The molecule has 0 N–H and O–H groups in total. The number of hydrogen-bond acceptors (Lipinski definition) is 3. The van der Waals surface area contributed by atoms with Crippen LogP contribution in [0, 0.1) is 0 Å². The van der Waals surface area contributed by atoms with Gasteiger partial charge in [-0.05, 0) is 25.7 Å². The minimum Gasteiger partial charge on any atom is -0.467 e. The molecule has 1 aliphatic heterocycles. The Kier molecular flexibility index (Phi) is 11.1. The summed E-state index contributed by atoms with van der Waals surface area (Å²) in [6.07, 6.45) is 13.2. The standard InChI is InChI=1S/C18H32Br2O3/c1-3-4-5-8-11-15(19)16(20)12-9-6-7-10-13-18(14-23-18)17(21)22-2/h15-16H,3-14H2,1-2H3. The van der Waals surface area contributed by atoms with Crippen LogP contribution >= 0.6 is 31.9 Å². The summed E-state index contributed by atoms with van der Waals surface area (Å²) in [5, 5.41) is 0. The lowest BCUT2D eigenvalue weighted by atomic mass is 10.0. The molecule has 0 radical (unpaired) electrons. The molecular weight excluding hydrogens is 424 g/mol. The van der Waals surface area contributed by atoms with Gasteiger partial charge >= 0.3 is 5.97 Å². The first-order valence-electron chi connectivity index (χ1n) is 9.06. The van der Waals surface area contributed by atoms with E-state index in [4.69, 9.17) is 9.47 Å². The van der Waals surface area contributed by atoms with Gasteiger partial charge in [-0.15, -0.1) is 0 Å². The highest BCUT2D eigenvalue weighted by atomic mass is 79.9. The van der Waals surface area contributed by atoms with E-state index >= 15 is 0 Å². The second-order valence-corrected chi connectivity index (χ2v) is 8.96. The van der Waals surface area contributed by atoms with Gasteiger partial charge in [0.15, 0.2) is 5.60 Å². The van der Waals surface area contributed by atoms with Gasteiger partial charge < -0.3 is 9.47 Å². The van der Waals surface area contributed by atoms with Gasteiger partial charge in [0.2, 0.25) is 0 Å². The second kappa shape index (κ2) is 11.9. The van der Waals surface area contributed by atoms with Crippen LogP contribution in [0.5, 0.6) is 0 Å². The predicted octanol–water partition coefficient (Wildman–Crippen LogP) is 5.77. The van der Waals surface area contributed by atoms with Crippen molar-refractivity contribution < 1.29 is 14.3 Å². The molecule has 1 rings (SSSR count). The monoisotopic (exact) mass is 454 g/mol. The van der Waals surface area contributed by atoms with Crippen molar-refractivity contribution in [2.75, 3.05) is 13.7 Å². The third kappa shape index (κ3) is 8.35. The van der Waals surface area contributed by atoms with Crippen molar-refractivity contribution in [3.63, 3.8) is 0 Å². The first kappa shape index (κ1) is 21.4. The molecule has 3 nitrogen and oxygen atoms in total. The highest BCUT2D eigenvalue weighted by Gasteiger charge is 2.52. The Bertz CT molecular complexity index is 332. The third-order valence-electron chi connectivity index (χ3n) is 4.59. The largest absolute Gasteiger partial charge is 0.467 e. The number of carbonyl (C=O) groups is 1. The van der Waals surface area contributed by atoms with Gasteiger partial charge in [-0.1, -0.05) is 83.7 Å². The zero-order valence-corrected chi connectivity index (χ0v) is 17.8. The van der Waals surface area contributed by atoms with E-state index in [-0.39, 0.29) is 5.97 Å². The van der Waals surface area contributed by atoms with Gasteiger partial charge in [0, 0.05) is 9.65 Å². The van der Waals surface area contributed by atoms with Crippen LogP contribution in [-0.2, 0) is 14.3 Å². The topological polar surface area (TPSA) is 38.8 Å². The van der Waals surface area contributed by atoms with Crippen molar-refractivity contribution in [1.29, 1.82) is 0 Å². The molecule has 0 amide bonds. The van der Waals surface area contributed by atoms with E-state index in [0.29, 0.717) is 16.3 Å². The minimum absolute atomic E-state index is 0.205. The summed E-state index contributed by atoms with van der Waals surface area (Å²) >= 11 is 7.65. The van der Waals surface area contributed by atoms with E-state index < -0.39 is 5.60 Å². The SMILES string of the molecule is CCCCCCC(Br)C(Br)CCCCCCC1(C(=O)OC)CO1. The van der Waals surface area contributed by atoms with Crippen molar-refractivity contribution in [1.82, 2.24) is 0 Å². The van der Waals surface area contributed by atoms with E-state index in [1.54, 1.807) is 0 Å². The molecule has 1 heterocycles. The molecule has 5 heteroatoms. The quantitative estimate of drug-likeness (QED) is 0.144. The molecule has 0 saturated carbocycles.